The van der Waals surface area contributed by atoms with Crippen molar-refractivity contribution in [2.75, 3.05) is 5.32 Å². The molecule has 1 aromatic heterocycles. The van der Waals surface area contributed by atoms with Gasteiger partial charge in [0.25, 0.3) is 0 Å². The van der Waals surface area contributed by atoms with Crippen LogP contribution in [0, 0.1) is 5.92 Å². The lowest BCUT2D eigenvalue weighted by atomic mass is 9.87. The SMILES string of the molecule is CCCC(CCC)C(=O)Nc1ccc(-c2nnc(-c3ccc(C(C)(C)C)cc3)o2)cc1. The van der Waals surface area contributed by atoms with E-state index < -0.39 is 0 Å². The Balaban J connectivity index is 1.69. The minimum atomic E-state index is 0.0675. The van der Waals surface area contributed by atoms with Crippen LogP contribution in [0.25, 0.3) is 22.9 Å². The molecule has 0 atom stereocenters. The van der Waals surface area contributed by atoms with Crippen LogP contribution in [0.1, 0.15) is 65.9 Å². The molecule has 0 fully saturated rings. The summed E-state index contributed by atoms with van der Waals surface area (Å²) in [5.41, 5.74) is 3.86. The third kappa shape index (κ3) is 5.81. The zero-order valence-corrected chi connectivity index (χ0v) is 19.2. The van der Waals surface area contributed by atoms with Crippen molar-refractivity contribution in [1.82, 2.24) is 10.2 Å². The number of aromatic nitrogens is 2. The molecule has 3 rings (SSSR count). The third-order valence-electron chi connectivity index (χ3n) is 5.47. The number of nitrogens with one attached hydrogen (secondary N) is 1. The van der Waals surface area contributed by atoms with Gasteiger partial charge < -0.3 is 9.73 Å². The molecule has 1 heterocycles. The lowest BCUT2D eigenvalue weighted by Crippen LogP contribution is -2.22. The molecule has 0 radical (unpaired) electrons. The largest absolute Gasteiger partial charge is 0.416 e. The molecule has 164 valence electrons. The van der Waals surface area contributed by atoms with Gasteiger partial charge in [0.05, 0.1) is 0 Å². The first kappa shape index (κ1) is 22.7. The monoisotopic (exact) mass is 419 g/mol. The van der Waals surface area contributed by atoms with Crippen LogP contribution in [0.2, 0.25) is 0 Å². The average molecular weight is 420 g/mol. The standard InChI is InChI=1S/C26H33N3O2/c1-6-8-18(9-7-2)23(30)27-22-16-12-20(13-17-22)25-29-28-24(31-25)19-10-14-21(15-11-19)26(3,4)5/h10-18H,6-9H2,1-5H3,(H,27,30). The molecule has 0 bridgehead atoms. The molecule has 5 heteroatoms. The zero-order valence-electron chi connectivity index (χ0n) is 19.2. The van der Waals surface area contributed by atoms with Crippen LogP contribution in [0.4, 0.5) is 5.69 Å². The minimum absolute atomic E-state index is 0.0675. The van der Waals surface area contributed by atoms with E-state index in [-0.39, 0.29) is 17.2 Å². The van der Waals surface area contributed by atoms with E-state index in [4.69, 9.17) is 4.42 Å². The summed E-state index contributed by atoms with van der Waals surface area (Å²) in [4.78, 5) is 12.5. The van der Waals surface area contributed by atoms with Crippen LogP contribution in [0.15, 0.2) is 52.9 Å². The minimum Gasteiger partial charge on any atom is -0.416 e. The van der Waals surface area contributed by atoms with Crippen LogP contribution < -0.4 is 5.32 Å². The van der Waals surface area contributed by atoms with E-state index >= 15 is 0 Å². The molecule has 31 heavy (non-hydrogen) atoms. The van der Waals surface area contributed by atoms with Gasteiger partial charge in [-0.3, -0.25) is 4.79 Å². The maximum atomic E-state index is 12.5. The Kier molecular flexibility index (Phi) is 7.26. The summed E-state index contributed by atoms with van der Waals surface area (Å²) in [7, 11) is 0. The summed E-state index contributed by atoms with van der Waals surface area (Å²) in [5, 5.41) is 11.4. The molecule has 0 spiro atoms. The van der Waals surface area contributed by atoms with E-state index in [0.29, 0.717) is 11.8 Å². The predicted octanol–water partition coefficient (Wildman–Crippen LogP) is 6.86. The normalized spacial score (nSPS) is 11.7. The lowest BCUT2D eigenvalue weighted by Gasteiger charge is -2.18. The Hall–Kier alpha value is -2.95. The van der Waals surface area contributed by atoms with Crippen LogP contribution in [0.5, 0.6) is 0 Å². The van der Waals surface area contributed by atoms with Gasteiger partial charge in [-0.15, -0.1) is 10.2 Å². The van der Waals surface area contributed by atoms with Gasteiger partial charge in [0.15, 0.2) is 0 Å². The number of carbonyl (C=O) groups excluding carboxylic acids is 1. The average Bonchev–Trinajstić information content (AvgIpc) is 3.24. The molecular weight excluding hydrogens is 386 g/mol. The first-order valence-corrected chi connectivity index (χ1v) is 11.2. The van der Waals surface area contributed by atoms with Gasteiger partial charge in [0.2, 0.25) is 17.7 Å². The highest BCUT2D eigenvalue weighted by Gasteiger charge is 2.17. The predicted molar refractivity (Wildman–Crippen MR) is 126 cm³/mol. The van der Waals surface area contributed by atoms with Crippen molar-refractivity contribution in [3.05, 3.63) is 54.1 Å². The Bertz CT molecular complexity index is 977. The number of nitrogens with zero attached hydrogens (tertiary/aromatic N) is 2. The van der Waals surface area contributed by atoms with Gasteiger partial charge in [-0.2, -0.15) is 0 Å². The molecule has 0 aliphatic rings. The number of hydrogen-bond acceptors (Lipinski definition) is 4. The van der Waals surface area contributed by atoms with Crippen LogP contribution >= 0.6 is 0 Å². The van der Waals surface area contributed by atoms with Gasteiger partial charge >= 0.3 is 0 Å². The first-order valence-electron chi connectivity index (χ1n) is 11.2. The molecule has 0 aliphatic heterocycles. The summed E-state index contributed by atoms with van der Waals surface area (Å²) in [6, 6.07) is 15.8. The highest BCUT2D eigenvalue weighted by Crippen LogP contribution is 2.28. The van der Waals surface area contributed by atoms with Crippen molar-refractivity contribution in [2.24, 2.45) is 5.92 Å². The van der Waals surface area contributed by atoms with E-state index in [1.165, 1.54) is 5.56 Å². The van der Waals surface area contributed by atoms with Crippen molar-refractivity contribution in [2.45, 2.75) is 65.7 Å². The molecule has 1 N–H and O–H groups in total. The Labute approximate surface area is 185 Å². The molecular formula is C26H33N3O2. The van der Waals surface area contributed by atoms with Crippen molar-refractivity contribution in [3.8, 4) is 22.9 Å². The smallest absolute Gasteiger partial charge is 0.248 e. The number of anilines is 1. The topological polar surface area (TPSA) is 68.0 Å². The molecule has 5 nitrogen and oxygen atoms in total. The van der Waals surface area contributed by atoms with Crippen LogP contribution in [-0.2, 0) is 10.2 Å². The van der Waals surface area contributed by atoms with Gasteiger partial charge in [-0.1, -0.05) is 59.6 Å². The lowest BCUT2D eigenvalue weighted by molar-refractivity contribution is -0.120. The molecule has 1 amide bonds. The Morgan fingerprint density at radius 3 is 1.81 bits per heavy atom. The highest BCUT2D eigenvalue weighted by molar-refractivity contribution is 5.92. The molecule has 2 aromatic carbocycles. The fraction of sp³-hybridized carbons (Fsp3) is 0.423. The van der Waals surface area contributed by atoms with Crippen molar-refractivity contribution in [1.29, 1.82) is 0 Å². The summed E-state index contributed by atoms with van der Waals surface area (Å²) >= 11 is 0. The Morgan fingerprint density at radius 2 is 1.35 bits per heavy atom. The maximum Gasteiger partial charge on any atom is 0.248 e. The van der Waals surface area contributed by atoms with Crippen LogP contribution in [-0.4, -0.2) is 16.1 Å². The summed E-state index contributed by atoms with van der Waals surface area (Å²) < 4.78 is 5.89. The van der Waals surface area contributed by atoms with Crippen LogP contribution in [0.3, 0.4) is 0 Å². The summed E-state index contributed by atoms with van der Waals surface area (Å²) in [6.07, 6.45) is 3.85. The molecule has 0 saturated carbocycles. The first-order chi connectivity index (χ1) is 14.8. The highest BCUT2D eigenvalue weighted by atomic mass is 16.4. The van der Waals surface area contributed by atoms with Gasteiger partial charge in [-0.05, 0) is 60.2 Å². The quantitative estimate of drug-likeness (QED) is 0.433. The summed E-state index contributed by atoms with van der Waals surface area (Å²) in [5.74, 6) is 1.12. The maximum absolute atomic E-state index is 12.5. The molecule has 3 aromatic rings. The van der Waals surface area contributed by atoms with Gasteiger partial charge in [0.1, 0.15) is 0 Å². The zero-order chi connectivity index (χ0) is 22.4. The second-order valence-corrected chi connectivity index (χ2v) is 9.08. The number of amides is 1. The second-order valence-electron chi connectivity index (χ2n) is 9.08. The van der Waals surface area contributed by atoms with Crippen molar-refractivity contribution < 1.29 is 9.21 Å². The number of rotatable bonds is 8. The fourth-order valence-electron chi connectivity index (χ4n) is 3.61. The van der Waals surface area contributed by atoms with E-state index in [1.807, 2.05) is 36.4 Å². The van der Waals surface area contributed by atoms with E-state index in [1.54, 1.807) is 0 Å². The second kappa shape index (κ2) is 9.90. The molecule has 0 unspecified atom stereocenters. The van der Waals surface area contributed by atoms with Crippen molar-refractivity contribution in [3.63, 3.8) is 0 Å². The molecule has 0 saturated heterocycles. The van der Waals surface area contributed by atoms with Crippen molar-refractivity contribution >= 4 is 11.6 Å². The van der Waals surface area contributed by atoms with Gasteiger partial charge in [0, 0.05) is 22.7 Å². The third-order valence-corrected chi connectivity index (χ3v) is 5.47. The number of benzene rings is 2. The van der Waals surface area contributed by atoms with E-state index in [9.17, 15) is 4.79 Å². The number of carbonyl (C=O) groups is 1. The summed E-state index contributed by atoms with van der Waals surface area (Å²) in [6.45, 7) is 10.8. The number of hydrogen-bond donors (Lipinski definition) is 1. The van der Waals surface area contributed by atoms with E-state index in [0.717, 1.165) is 42.5 Å². The molecule has 0 aliphatic carbocycles. The fourth-order valence-corrected chi connectivity index (χ4v) is 3.61. The Morgan fingerprint density at radius 1 is 0.871 bits per heavy atom. The van der Waals surface area contributed by atoms with E-state index in [2.05, 4.69) is 62.3 Å². The van der Waals surface area contributed by atoms with Gasteiger partial charge in [-0.25, -0.2) is 0 Å².